The van der Waals surface area contributed by atoms with E-state index >= 15 is 0 Å². The maximum absolute atomic E-state index is 12.1. The quantitative estimate of drug-likeness (QED) is 0.717. The summed E-state index contributed by atoms with van der Waals surface area (Å²) < 4.78 is 26.5. The number of amides is 1. The number of likely N-dealkylation sites (tertiary alicyclic amines) is 1. The van der Waals surface area contributed by atoms with Gasteiger partial charge in [-0.05, 0) is 32.0 Å². The molecule has 0 aliphatic carbocycles. The van der Waals surface area contributed by atoms with Crippen LogP contribution in [0.15, 0.2) is 30.3 Å². The zero-order chi connectivity index (χ0) is 16.7. The summed E-state index contributed by atoms with van der Waals surface area (Å²) in [7, 11) is -1.43. The van der Waals surface area contributed by atoms with E-state index in [-0.39, 0.29) is 24.2 Å². The van der Waals surface area contributed by atoms with Crippen molar-refractivity contribution in [2.75, 3.05) is 26.7 Å². The average molecular weight is 339 g/mol. The Balaban J connectivity index is 1.71. The van der Waals surface area contributed by atoms with Crippen molar-refractivity contribution in [2.45, 2.75) is 31.1 Å². The highest BCUT2D eigenvalue weighted by Crippen LogP contribution is 2.14. The third-order valence-corrected chi connectivity index (χ3v) is 5.38. The molecule has 1 unspecified atom stereocenters. The Hall–Kier alpha value is -1.44. The molecule has 0 aromatic heterocycles. The molecule has 128 valence electrons. The lowest BCUT2D eigenvalue weighted by atomic mass is 10.0. The van der Waals surface area contributed by atoms with Gasteiger partial charge in [0.05, 0.1) is 11.8 Å². The van der Waals surface area contributed by atoms with Crippen molar-refractivity contribution in [3.8, 4) is 0 Å². The Morgan fingerprint density at radius 1 is 1.22 bits per heavy atom. The Labute approximate surface area is 138 Å². The molecule has 1 fully saturated rings. The van der Waals surface area contributed by atoms with Crippen LogP contribution in [0.1, 0.15) is 24.8 Å². The van der Waals surface area contributed by atoms with E-state index in [1.165, 1.54) is 0 Å². The lowest BCUT2D eigenvalue weighted by Crippen LogP contribution is -2.48. The van der Waals surface area contributed by atoms with Crippen LogP contribution in [-0.4, -0.2) is 51.9 Å². The summed E-state index contributed by atoms with van der Waals surface area (Å²) in [6.45, 7) is 1.44. The van der Waals surface area contributed by atoms with Crippen LogP contribution in [0.25, 0.3) is 0 Å². The summed E-state index contributed by atoms with van der Waals surface area (Å²) in [5.74, 6) is -0.0675. The van der Waals surface area contributed by atoms with Crippen molar-refractivity contribution in [1.29, 1.82) is 0 Å². The van der Waals surface area contributed by atoms with Crippen LogP contribution in [0, 0.1) is 0 Å². The summed E-state index contributed by atoms with van der Waals surface area (Å²) in [5.41, 5.74) is 0.743. The van der Waals surface area contributed by atoms with Gasteiger partial charge in [0.1, 0.15) is 0 Å². The fraction of sp³-hybridized carbons (Fsp3) is 0.562. The van der Waals surface area contributed by atoms with Gasteiger partial charge in [-0.3, -0.25) is 9.69 Å². The number of nitrogens with zero attached hydrogens (tertiary/aromatic N) is 1. The highest BCUT2D eigenvalue weighted by atomic mass is 32.2. The number of sulfonamides is 1. The molecule has 2 rings (SSSR count). The van der Waals surface area contributed by atoms with E-state index in [9.17, 15) is 13.2 Å². The van der Waals surface area contributed by atoms with Gasteiger partial charge in [-0.25, -0.2) is 13.1 Å². The molecule has 0 spiro atoms. The maximum Gasteiger partial charge on any atom is 0.237 e. The Bertz CT molecular complexity index is 604. The predicted octanol–water partition coefficient (Wildman–Crippen LogP) is 0.707. The second-order valence-corrected chi connectivity index (χ2v) is 7.73. The van der Waals surface area contributed by atoms with Crippen molar-refractivity contribution in [3.63, 3.8) is 0 Å². The first kappa shape index (κ1) is 17.9. The van der Waals surface area contributed by atoms with Gasteiger partial charge in [-0.2, -0.15) is 0 Å². The van der Waals surface area contributed by atoms with Crippen LogP contribution in [0.4, 0.5) is 0 Å². The zero-order valence-corrected chi connectivity index (χ0v) is 14.3. The fourth-order valence-corrected chi connectivity index (χ4v) is 3.91. The van der Waals surface area contributed by atoms with Gasteiger partial charge in [-0.1, -0.05) is 36.8 Å². The molecule has 1 aliphatic heterocycles. The third-order valence-electron chi connectivity index (χ3n) is 4.02. The van der Waals surface area contributed by atoms with E-state index in [1.807, 2.05) is 25.2 Å². The summed E-state index contributed by atoms with van der Waals surface area (Å²) in [6.07, 6.45) is 3.05. The number of carbonyl (C=O) groups is 1. The van der Waals surface area contributed by atoms with Crippen molar-refractivity contribution in [3.05, 3.63) is 35.9 Å². The normalized spacial score (nSPS) is 19.4. The SMILES string of the molecule is CN1CCCCC1C(=O)NCCNS(=O)(=O)Cc1ccccc1. The largest absolute Gasteiger partial charge is 0.353 e. The number of hydrogen-bond acceptors (Lipinski definition) is 4. The second-order valence-electron chi connectivity index (χ2n) is 5.92. The lowest BCUT2D eigenvalue weighted by molar-refractivity contribution is -0.126. The summed E-state index contributed by atoms with van der Waals surface area (Å²) >= 11 is 0. The van der Waals surface area contributed by atoms with Gasteiger partial charge in [-0.15, -0.1) is 0 Å². The molecule has 1 aliphatic rings. The first-order valence-electron chi connectivity index (χ1n) is 7.97. The molecule has 1 aromatic rings. The number of nitrogens with one attached hydrogen (secondary N) is 2. The number of likely N-dealkylation sites (N-methyl/N-ethyl adjacent to an activating group) is 1. The fourth-order valence-electron chi connectivity index (χ4n) is 2.76. The van der Waals surface area contributed by atoms with Crippen LogP contribution in [0.3, 0.4) is 0 Å². The molecule has 6 nitrogen and oxygen atoms in total. The number of benzene rings is 1. The summed E-state index contributed by atoms with van der Waals surface area (Å²) in [5, 5.41) is 2.81. The van der Waals surface area contributed by atoms with Gasteiger partial charge >= 0.3 is 0 Å². The summed E-state index contributed by atoms with van der Waals surface area (Å²) in [4.78, 5) is 14.1. The van der Waals surface area contributed by atoms with Crippen LogP contribution in [-0.2, 0) is 20.6 Å². The second kappa shape index (κ2) is 8.42. The first-order valence-corrected chi connectivity index (χ1v) is 9.62. The molecule has 1 saturated heterocycles. The number of hydrogen-bond donors (Lipinski definition) is 2. The number of piperidine rings is 1. The van der Waals surface area contributed by atoms with Crippen molar-refractivity contribution < 1.29 is 13.2 Å². The Morgan fingerprint density at radius 2 is 1.96 bits per heavy atom. The zero-order valence-electron chi connectivity index (χ0n) is 13.5. The third kappa shape index (κ3) is 5.93. The minimum absolute atomic E-state index is 0.0190. The van der Waals surface area contributed by atoms with E-state index in [2.05, 4.69) is 14.9 Å². The monoisotopic (exact) mass is 339 g/mol. The van der Waals surface area contributed by atoms with Crippen LogP contribution >= 0.6 is 0 Å². The highest BCUT2D eigenvalue weighted by Gasteiger charge is 2.25. The highest BCUT2D eigenvalue weighted by molar-refractivity contribution is 7.88. The minimum Gasteiger partial charge on any atom is -0.353 e. The predicted molar refractivity (Wildman–Crippen MR) is 90.3 cm³/mol. The molecule has 0 saturated carbocycles. The molecular weight excluding hydrogens is 314 g/mol. The lowest BCUT2D eigenvalue weighted by Gasteiger charge is -2.31. The first-order chi connectivity index (χ1) is 11.0. The molecule has 0 bridgehead atoms. The standard InChI is InChI=1S/C16H25N3O3S/c1-19-12-6-5-9-15(19)16(20)17-10-11-18-23(21,22)13-14-7-3-2-4-8-14/h2-4,7-8,15,18H,5-6,9-13H2,1H3,(H,17,20). The van der Waals surface area contributed by atoms with Crippen molar-refractivity contribution in [2.24, 2.45) is 0 Å². The van der Waals surface area contributed by atoms with Crippen molar-refractivity contribution in [1.82, 2.24) is 14.9 Å². The molecular formula is C16H25N3O3S. The molecule has 7 heteroatoms. The topological polar surface area (TPSA) is 78.5 Å². The van der Waals surface area contributed by atoms with Crippen LogP contribution < -0.4 is 10.0 Å². The van der Waals surface area contributed by atoms with Gasteiger partial charge in [0.2, 0.25) is 15.9 Å². The molecule has 1 amide bonds. The van der Waals surface area contributed by atoms with Gasteiger partial charge in [0, 0.05) is 13.1 Å². The van der Waals surface area contributed by atoms with E-state index < -0.39 is 10.0 Å². The molecule has 2 N–H and O–H groups in total. The van der Waals surface area contributed by atoms with E-state index in [1.54, 1.807) is 12.1 Å². The number of rotatable bonds is 7. The average Bonchev–Trinajstić information content (AvgIpc) is 2.52. The van der Waals surface area contributed by atoms with E-state index in [0.717, 1.165) is 31.4 Å². The maximum atomic E-state index is 12.1. The van der Waals surface area contributed by atoms with E-state index in [4.69, 9.17) is 0 Å². The molecule has 23 heavy (non-hydrogen) atoms. The smallest absolute Gasteiger partial charge is 0.237 e. The Morgan fingerprint density at radius 3 is 2.65 bits per heavy atom. The van der Waals surface area contributed by atoms with Crippen molar-refractivity contribution >= 4 is 15.9 Å². The molecule has 1 heterocycles. The van der Waals surface area contributed by atoms with Gasteiger partial charge in [0.25, 0.3) is 0 Å². The molecule has 0 radical (unpaired) electrons. The van der Waals surface area contributed by atoms with Crippen LogP contribution in [0.5, 0.6) is 0 Å². The Kier molecular flexibility index (Phi) is 6.56. The van der Waals surface area contributed by atoms with E-state index in [0.29, 0.717) is 6.54 Å². The minimum atomic E-state index is -3.38. The molecule has 1 atom stereocenters. The van der Waals surface area contributed by atoms with Gasteiger partial charge in [0.15, 0.2) is 0 Å². The van der Waals surface area contributed by atoms with Crippen LogP contribution in [0.2, 0.25) is 0 Å². The van der Waals surface area contributed by atoms with Gasteiger partial charge < -0.3 is 5.32 Å². The number of carbonyl (C=O) groups excluding carboxylic acids is 1. The molecule has 1 aromatic carbocycles. The summed E-state index contributed by atoms with van der Waals surface area (Å²) in [6, 6.07) is 8.93.